The normalized spacial score (nSPS) is 11.0. The Morgan fingerprint density at radius 1 is 1.12 bits per heavy atom. The minimum atomic E-state index is -0.137. The Hall–Kier alpha value is -2.14. The van der Waals surface area contributed by atoms with Gasteiger partial charge in [-0.3, -0.25) is 9.20 Å². The van der Waals surface area contributed by atoms with Gasteiger partial charge in [-0.05, 0) is 78.0 Å². The molecule has 2 aromatic heterocycles. The Morgan fingerprint density at radius 2 is 1.79 bits per heavy atom. The molecule has 5 heteroatoms. The van der Waals surface area contributed by atoms with Gasteiger partial charge in [-0.2, -0.15) is 0 Å². The van der Waals surface area contributed by atoms with Crippen LogP contribution in [-0.4, -0.2) is 15.3 Å². The van der Waals surface area contributed by atoms with Gasteiger partial charge in [0.1, 0.15) is 5.69 Å². The van der Waals surface area contributed by atoms with Crippen molar-refractivity contribution >= 4 is 33.2 Å². The smallest absolute Gasteiger partial charge is 0.274 e. The Balaban J connectivity index is 2.09. The van der Waals surface area contributed by atoms with Crippen molar-refractivity contribution < 1.29 is 4.79 Å². The van der Waals surface area contributed by atoms with Crippen molar-refractivity contribution in [3.8, 4) is 0 Å². The first-order chi connectivity index (χ1) is 11.4. The fourth-order valence-corrected chi connectivity index (χ4v) is 3.64. The molecule has 0 saturated carbocycles. The van der Waals surface area contributed by atoms with Gasteiger partial charge in [0.25, 0.3) is 5.91 Å². The summed E-state index contributed by atoms with van der Waals surface area (Å²) in [5, 5.41) is 3.02. The molecular formula is C19H20BrN3O. The maximum Gasteiger partial charge on any atom is 0.274 e. The minimum absolute atomic E-state index is 0.137. The van der Waals surface area contributed by atoms with Crippen molar-refractivity contribution in [2.45, 2.75) is 34.1 Å². The molecule has 0 atom stereocenters. The topological polar surface area (TPSA) is 46.4 Å². The second-order valence-electron chi connectivity index (χ2n) is 6.15. The molecule has 1 N–H and O–H groups in total. The van der Waals surface area contributed by atoms with Crippen molar-refractivity contribution in [1.82, 2.24) is 9.38 Å². The van der Waals surface area contributed by atoms with E-state index in [1.807, 2.05) is 56.5 Å². The number of pyridine rings is 1. The number of benzene rings is 1. The van der Waals surface area contributed by atoms with Crippen LogP contribution in [0.3, 0.4) is 0 Å². The van der Waals surface area contributed by atoms with E-state index in [4.69, 9.17) is 0 Å². The van der Waals surface area contributed by atoms with E-state index in [-0.39, 0.29) is 5.91 Å². The minimum Gasteiger partial charge on any atom is -0.321 e. The lowest BCUT2D eigenvalue weighted by Crippen LogP contribution is -2.16. The van der Waals surface area contributed by atoms with Crippen LogP contribution in [0.25, 0.3) is 5.65 Å². The molecule has 0 saturated heterocycles. The standard InChI is InChI=1S/C19H20BrN3O/c1-5-16-17(23-10-13(4)9-15(20)18(23)22-16)19(24)21-14-7-11(2)6-12(3)8-14/h6-10H,5H2,1-4H3,(H,21,24). The summed E-state index contributed by atoms with van der Waals surface area (Å²) < 4.78 is 2.76. The average Bonchev–Trinajstić information content (AvgIpc) is 2.84. The number of anilines is 1. The molecule has 0 aliphatic carbocycles. The molecule has 0 bridgehead atoms. The number of amides is 1. The molecule has 0 aliphatic rings. The highest BCUT2D eigenvalue weighted by Gasteiger charge is 2.20. The van der Waals surface area contributed by atoms with Gasteiger partial charge in [0.05, 0.1) is 10.2 Å². The highest BCUT2D eigenvalue weighted by molar-refractivity contribution is 9.10. The molecule has 124 valence electrons. The van der Waals surface area contributed by atoms with E-state index in [1.165, 1.54) is 0 Å². The highest BCUT2D eigenvalue weighted by atomic mass is 79.9. The van der Waals surface area contributed by atoms with Crippen molar-refractivity contribution in [2.24, 2.45) is 0 Å². The number of aryl methyl sites for hydroxylation is 4. The Kier molecular flexibility index (Phi) is 4.45. The molecular weight excluding hydrogens is 366 g/mol. The number of aromatic nitrogens is 2. The summed E-state index contributed by atoms with van der Waals surface area (Å²) in [6, 6.07) is 8.04. The third-order valence-electron chi connectivity index (χ3n) is 3.91. The van der Waals surface area contributed by atoms with E-state index in [0.717, 1.165) is 38.2 Å². The summed E-state index contributed by atoms with van der Waals surface area (Å²) in [5.41, 5.74) is 6.27. The predicted molar refractivity (Wildman–Crippen MR) is 101 cm³/mol. The van der Waals surface area contributed by atoms with Crippen molar-refractivity contribution in [2.75, 3.05) is 5.32 Å². The van der Waals surface area contributed by atoms with Crippen LogP contribution in [0.15, 0.2) is 34.9 Å². The fraction of sp³-hybridized carbons (Fsp3) is 0.263. The average molecular weight is 386 g/mol. The van der Waals surface area contributed by atoms with E-state index >= 15 is 0 Å². The van der Waals surface area contributed by atoms with Gasteiger partial charge in [0.2, 0.25) is 0 Å². The Morgan fingerprint density at radius 3 is 2.42 bits per heavy atom. The van der Waals surface area contributed by atoms with Crippen molar-refractivity contribution in [1.29, 1.82) is 0 Å². The molecule has 0 spiro atoms. The van der Waals surface area contributed by atoms with E-state index in [2.05, 4.69) is 32.3 Å². The van der Waals surface area contributed by atoms with Crippen LogP contribution in [0.4, 0.5) is 5.69 Å². The molecule has 3 rings (SSSR count). The SMILES string of the molecule is CCc1nc2c(Br)cc(C)cn2c1C(=O)Nc1cc(C)cc(C)c1. The third kappa shape index (κ3) is 3.08. The number of nitrogens with one attached hydrogen (secondary N) is 1. The second-order valence-corrected chi connectivity index (χ2v) is 7.00. The number of nitrogens with zero attached hydrogens (tertiary/aromatic N) is 2. The van der Waals surface area contributed by atoms with E-state index in [1.54, 1.807) is 0 Å². The summed E-state index contributed by atoms with van der Waals surface area (Å²) in [5.74, 6) is -0.137. The quantitative estimate of drug-likeness (QED) is 0.701. The third-order valence-corrected chi connectivity index (χ3v) is 4.50. The lowest BCUT2D eigenvalue weighted by atomic mass is 10.1. The lowest BCUT2D eigenvalue weighted by molar-refractivity contribution is 0.102. The molecule has 3 aromatic rings. The zero-order valence-corrected chi connectivity index (χ0v) is 15.9. The summed E-state index contributed by atoms with van der Waals surface area (Å²) in [6.45, 7) is 8.06. The van der Waals surface area contributed by atoms with Crippen LogP contribution >= 0.6 is 15.9 Å². The van der Waals surface area contributed by atoms with E-state index < -0.39 is 0 Å². The first-order valence-electron chi connectivity index (χ1n) is 7.95. The molecule has 24 heavy (non-hydrogen) atoms. The predicted octanol–water partition coefficient (Wildman–Crippen LogP) is 4.84. The number of rotatable bonds is 3. The van der Waals surface area contributed by atoms with Gasteiger partial charge in [-0.1, -0.05) is 13.0 Å². The molecule has 1 aromatic carbocycles. The molecule has 0 unspecified atom stereocenters. The van der Waals surface area contributed by atoms with Crippen LogP contribution in [0, 0.1) is 20.8 Å². The van der Waals surface area contributed by atoms with Crippen LogP contribution in [-0.2, 0) is 6.42 Å². The summed E-state index contributed by atoms with van der Waals surface area (Å²) in [6.07, 6.45) is 2.64. The maximum absolute atomic E-state index is 12.9. The zero-order chi connectivity index (χ0) is 17.4. The van der Waals surface area contributed by atoms with Crippen molar-refractivity contribution in [3.05, 3.63) is 63.0 Å². The monoisotopic (exact) mass is 385 g/mol. The number of carbonyl (C=O) groups excluding carboxylic acids is 1. The van der Waals surface area contributed by atoms with E-state index in [0.29, 0.717) is 12.1 Å². The van der Waals surface area contributed by atoms with Crippen LogP contribution in [0.5, 0.6) is 0 Å². The number of imidazole rings is 1. The Bertz CT molecular complexity index is 923. The largest absolute Gasteiger partial charge is 0.321 e. The molecule has 1 amide bonds. The van der Waals surface area contributed by atoms with Crippen LogP contribution in [0.2, 0.25) is 0 Å². The summed E-state index contributed by atoms with van der Waals surface area (Å²) in [7, 11) is 0. The molecule has 2 heterocycles. The molecule has 0 fully saturated rings. The molecule has 0 aliphatic heterocycles. The number of fused-ring (bicyclic) bond motifs is 1. The van der Waals surface area contributed by atoms with Gasteiger partial charge in [-0.15, -0.1) is 0 Å². The van der Waals surface area contributed by atoms with Gasteiger partial charge >= 0.3 is 0 Å². The number of halogens is 1. The first-order valence-corrected chi connectivity index (χ1v) is 8.75. The molecule has 4 nitrogen and oxygen atoms in total. The van der Waals surface area contributed by atoms with Gasteiger partial charge in [-0.25, -0.2) is 4.98 Å². The summed E-state index contributed by atoms with van der Waals surface area (Å²) in [4.78, 5) is 17.6. The van der Waals surface area contributed by atoms with E-state index in [9.17, 15) is 4.79 Å². The van der Waals surface area contributed by atoms with Gasteiger partial charge < -0.3 is 5.32 Å². The lowest BCUT2D eigenvalue weighted by Gasteiger charge is -2.09. The van der Waals surface area contributed by atoms with Crippen LogP contribution < -0.4 is 5.32 Å². The number of carbonyl (C=O) groups is 1. The number of hydrogen-bond donors (Lipinski definition) is 1. The Labute approximate surface area is 150 Å². The van der Waals surface area contributed by atoms with Gasteiger partial charge in [0.15, 0.2) is 5.65 Å². The highest BCUT2D eigenvalue weighted by Crippen LogP contribution is 2.24. The first kappa shape index (κ1) is 16.7. The van der Waals surface area contributed by atoms with Crippen molar-refractivity contribution in [3.63, 3.8) is 0 Å². The van der Waals surface area contributed by atoms with Crippen LogP contribution in [0.1, 0.15) is 39.8 Å². The zero-order valence-electron chi connectivity index (χ0n) is 14.3. The second kappa shape index (κ2) is 6.40. The van der Waals surface area contributed by atoms with Gasteiger partial charge in [0, 0.05) is 11.9 Å². The number of hydrogen-bond acceptors (Lipinski definition) is 2. The summed E-state index contributed by atoms with van der Waals surface area (Å²) >= 11 is 3.54. The molecule has 0 radical (unpaired) electrons. The fourth-order valence-electron chi connectivity index (χ4n) is 3.00. The maximum atomic E-state index is 12.9.